The molecule has 1 N–H and O–H groups in total. The Hall–Kier alpha value is -0.0400. The third kappa shape index (κ3) is 0.878. The smallest absolute Gasteiger partial charge is 0.0181 e. The SMILES string of the molecule is C[C@@]12CCCC[C@H]1CCN2. The molecule has 2 atom stereocenters. The Morgan fingerprint density at radius 1 is 1.30 bits per heavy atom. The molecule has 1 nitrogen and oxygen atoms in total. The summed E-state index contributed by atoms with van der Waals surface area (Å²) in [6.07, 6.45) is 7.24. The van der Waals surface area contributed by atoms with Gasteiger partial charge in [-0.15, -0.1) is 0 Å². The van der Waals surface area contributed by atoms with E-state index < -0.39 is 0 Å². The highest BCUT2D eigenvalue weighted by molar-refractivity contribution is 4.97. The Morgan fingerprint density at radius 3 is 3.00 bits per heavy atom. The van der Waals surface area contributed by atoms with Crippen LogP contribution in [0.2, 0.25) is 0 Å². The number of hydrogen-bond donors (Lipinski definition) is 1. The molecule has 10 heavy (non-hydrogen) atoms. The lowest BCUT2D eigenvalue weighted by molar-refractivity contribution is 0.218. The molecule has 58 valence electrons. The van der Waals surface area contributed by atoms with Crippen molar-refractivity contribution >= 4 is 0 Å². The molecule has 0 aromatic carbocycles. The normalized spacial score (nSPS) is 47.1. The summed E-state index contributed by atoms with van der Waals surface area (Å²) in [6.45, 7) is 3.67. The minimum Gasteiger partial charge on any atom is -0.311 e. The molecule has 2 aliphatic rings. The fraction of sp³-hybridized carbons (Fsp3) is 1.00. The molecule has 2 fully saturated rings. The molecule has 0 unspecified atom stereocenters. The van der Waals surface area contributed by atoms with Crippen molar-refractivity contribution in [3.8, 4) is 0 Å². The first-order valence-electron chi connectivity index (χ1n) is 4.56. The maximum Gasteiger partial charge on any atom is 0.0181 e. The summed E-state index contributed by atoms with van der Waals surface area (Å²) in [5, 5.41) is 3.63. The van der Waals surface area contributed by atoms with E-state index in [1.807, 2.05) is 0 Å². The van der Waals surface area contributed by atoms with Gasteiger partial charge in [0.25, 0.3) is 0 Å². The maximum absolute atomic E-state index is 3.63. The summed E-state index contributed by atoms with van der Waals surface area (Å²) in [5.41, 5.74) is 0.540. The molecule has 1 heteroatoms. The van der Waals surface area contributed by atoms with Crippen LogP contribution in [0.15, 0.2) is 0 Å². The van der Waals surface area contributed by atoms with E-state index >= 15 is 0 Å². The average Bonchev–Trinajstić information content (AvgIpc) is 2.29. The monoisotopic (exact) mass is 139 g/mol. The topological polar surface area (TPSA) is 12.0 Å². The van der Waals surface area contributed by atoms with Gasteiger partial charge in [0.15, 0.2) is 0 Å². The van der Waals surface area contributed by atoms with Gasteiger partial charge in [0.05, 0.1) is 0 Å². The predicted molar refractivity (Wildman–Crippen MR) is 43.0 cm³/mol. The summed E-state index contributed by atoms with van der Waals surface area (Å²) in [6, 6.07) is 0. The molecule has 1 saturated carbocycles. The van der Waals surface area contributed by atoms with E-state index in [1.165, 1.54) is 38.6 Å². The largest absolute Gasteiger partial charge is 0.311 e. The van der Waals surface area contributed by atoms with Crippen LogP contribution in [0, 0.1) is 5.92 Å². The van der Waals surface area contributed by atoms with E-state index in [1.54, 1.807) is 0 Å². The second-order valence-electron chi connectivity index (χ2n) is 4.08. The van der Waals surface area contributed by atoms with Gasteiger partial charge < -0.3 is 5.32 Å². The number of rotatable bonds is 0. The highest BCUT2D eigenvalue weighted by Crippen LogP contribution is 2.38. The zero-order valence-electron chi connectivity index (χ0n) is 6.82. The van der Waals surface area contributed by atoms with Crippen LogP contribution in [0.5, 0.6) is 0 Å². The summed E-state index contributed by atoms with van der Waals surface area (Å²) in [5.74, 6) is 1.00. The van der Waals surface area contributed by atoms with E-state index in [9.17, 15) is 0 Å². The minimum absolute atomic E-state index is 0.540. The molecule has 1 aliphatic carbocycles. The Balaban J connectivity index is 2.10. The first-order valence-corrected chi connectivity index (χ1v) is 4.56. The third-order valence-corrected chi connectivity index (χ3v) is 3.42. The standard InChI is InChI=1S/C9H17N/c1-9-6-3-2-4-8(9)5-7-10-9/h8,10H,2-7H2,1H3/t8-,9+/m0/s1. The first kappa shape index (κ1) is 6.66. The van der Waals surface area contributed by atoms with Crippen LogP contribution in [-0.4, -0.2) is 12.1 Å². The van der Waals surface area contributed by atoms with Crippen molar-refractivity contribution in [2.24, 2.45) is 5.92 Å². The first-order chi connectivity index (χ1) is 4.81. The predicted octanol–water partition coefficient (Wildman–Crippen LogP) is 1.93. The maximum atomic E-state index is 3.63. The van der Waals surface area contributed by atoms with Crippen LogP contribution < -0.4 is 5.32 Å². The van der Waals surface area contributed by atoms with Gasteiger partial charge in [-0.1, -0.05) is 12.8 Å². The number of nitrogens with one attached hydrogen (secondary N) is 1. The number of fused-ring (bicyclic) bond motifs is 1. The van der Waals surface area contributed by atoms with E-state index in [0.717, 1.165) is 5.92 Å². The Labute approximate surface area is 63.2 Å². The lowest BCUT2D eigenvalue weighted by atomic mass is 9.75. The molecule has 0 aromatic rings. The Kier molecular flexibility index (Phi) is 1.48. The highest BCUT2D eigenvalue weighted by atomic mass is 15.0. The minimum atomic E-state index is 0.540. The van der Waals surface area contributed by atoms with E-state index in [4.69, 9.17) is 0 Å². The molecule has 2 rings (SSSR count). The van der Waals surface area contributed by atoms with Crippen molar-refractivity contribution < 1.29 is 0 Å². The van der Waals surface area contributed by atoms with Crippen molar-refractivity contribution in [2.45, 2.75) is 44.6 Å². The second kappa shape index (κ2) is 2.23. The molecule has 0 spiro atoms. The van der Waals surface area contributed by atoms with E-state index in [2.05, 4.69) is 12.2 Å². The molecule has 1 heterocycles. The quantitative estimate of drug-likeness (QED) is 0.540. The summed E-state index contributed by atoms with van der Waals surface area (Å²) < 4.78 is 0. The van der Waals surface area contributed by atoms with Crippen molar-refractivity contribution in [3.05, 3.63) is 0 Å². The van der Waals surface area contributed by atoms with Gasteiger partial charge in [0.1, 0.15) is 0 Å². The van der Waals surface area contributed by atoms with Gasteiger partial charge >= 0.3 is 0 Å². The summed E-state index contributed by atoms with van der Waals surface area (Å²) in [7, 11) is 0. The number of hydrogen-bond acceptors (Lipinski definition) is 1. The Bertz CT molecular complexity index is 133. The van der Waals surface area contributed by atoms with Gasteiger partial charge in [0, 0.05) is 5.54 Å². The summed E-state index contributed by atoms with van der Waals surface area (Å²) >= 11 is 0. The van der Waals surface area contributed by atoms with Crippen molar-refractivity contribution in [2.75, 3.05) is 6.54 Å². The van der Waals surface area contributed by atoms with Gasteiger partial charge in [0.2, 0.25) is 0 Å². The zero-order valence-corrected chi connectivity index (χ0v) is 6.82. The van der Waals surface area contributed by atoms with Crippen LogP contribution in [0.25, 0.3) is 0 Å². The second-order valence-corrected chi connectivity index (χ2v) is 4.08. The van der Waals surface area contributed by atoms with Crippen LogP contribution >= 0.6 is 0 Å². The highest BCUT2D eigenvalue weighted by Gasteiger charge is 2.39. The van der Waals surface area contributed by atoms with Gasteiger partial charge in [-0.2, -0.15) is 0 Å². The van der Waals surface area contributed by atoms with E-state index in [0.29, 0.717) is 5.54 Å². The Morgan fingerprint density at radius 2 is 2.20 bits per heavy atom. The third-order valence-electron chi connectivity index (χ3n) is 3.42. The molecule has 1 saturated heterocycles. The average molecular weight is 139 g/mol. The molecule has 0 aromatic heterocycles. The van der Waals surface area contributed by atoms with Gasteiger partial charge in [-0.05, 0) is 38.6 Å². The molecular formula is C9H17N. The fourth-order valence-electron chi connectivity index (χ4n) is 2.63. The fourth-order valence-corrected chi connectivity index (χ4v) is 2.63. The zero-order chi connectivity index (χ0) is 7.03. The van der Waals surface area contributed by atoms with Crippen LogP contribution in [0.3, 0.4) is 0 Å². The van der Waals surface area contributed by atoms with Gasteiger partial charge in [-0.3, -0.25) is 0 Å². The molecule has 0 amide bonds. The van der Waals surface area contributed by atoms with Crippen LogP contribution in [0.4, 0.5) is 0 Å². The molecular weight excluding hydrogens is 122 g/mol. The lowest BCUT2D eigenvalue weighted by Gasteiger charge is -2.36. The van der Waals surface area contributed by atoms with Crippen LogP contribution in [0.1, 0.15) is 39.0 Å². The van der Waals surface area contributed by atoms with Crippen molar-refractivity contribution in [1.29, 1.82) is 0 Å². The molecule has 0 radical (unpaired) electrons. The lowest BCUT2D eigenvalue weighted by Crippen LogP contribution is -2.43. The van der Waals surface area contributed by atoms with Crippen LogP contribution in [-0.2, 0) is 0 Å². The van der Waals surface area contributed by atoms with E-state index in [-0.39, 0.29) is 0 Å². The van der Waals surface area contributed by atoms with Crippen molar-refractivity contribution in [3.63, 3.8) is 0 Å². The van der Waals surface area contributed by atoms with Crippen molar-refractivity contribution in [1.82, 2.24) is 5.32 Å². The van der Waals surface area contributed by atoms with Gasteiger partial charge in [-0.25, -0.2) is 0 Å². The summed E-state index contributed by atoms with van der Waals surface area (Å²) in [4.78, 5) is 0. The molecule has 1 aliphatic heterocycles. The molecule has 0 bridgehead atoms.